The molecule has 0 spiro atoms. The molecule has 68 valence electrons. The van der Waals surface area contributed by atoms with Crippen LogP contribution < -0.4 is 0 Å². The number of carboxylic acid groups (broad SMARTS) is 1. The average Bonchev–Trinajstić information content (AvgIpc) is 1.85. The van der Waals surface area contributed by atoms with E-state index in [-0.39, 0.29) is 0 Å². The predicted octanol–water partition coefficient (Wildman–Crippen LogP) is 2.62. The molecule has 0 aromatic rings. The summed E-state index contributed by atoms with van der Waals surface area (Å²) < 4.78 is 0. The van der Waals surface area contributed by atoms with Gasteiger partial charge in [0.2, 0.25) is 0 Å². The van der Waals surface area contributed by atoms with Crippen LogP contribution in [0, 0.1) is 5.41 Å². The highest BCUT2D eigenvalue weighted by atomic mass is 16.4. The lowest BCUT2D eigenvalue weighted by atomic mass is 9.89. The molecule has 0 saturated carbocycles. The molecule has 0 rings (SSSR count). The summed E-state index contributed by atoms with van der Waals surface area (Å²) in [6.45, 7) is 8.98. The van der Waals surface area contributed by atoms with Gasteiger partial charge in [0.05, 0.1) is 5.41 Å². The number of allylic oxidation sites excluding steroid dienone is 3. The summed E-state index contributed by atoms with van der Waals surface area (Å²) in [5.41, 5.74) is 0.266. The Balaban J connectivity index is 4.09. The summed E-state index contributed by atoms with van der Waals surface area (Å²) in [6, 6.07) is 0. The largest absolute Gasteiger partial charge is 0.481 e. The zero-order chi connectivity index (χ0) is 9.78. The van der Waals surface area contributed by atoms with Crippen LogP contribution >= 0.6 is 0 Å². The Morgan fingerprint density at radius 3 is 2.42 bits per heavy atom. The maximum atomic E-state index is 10.6. The number of rotatable bonds is 4. The van der Waals surface area contributed by atoms with E-state index in [1.54, 1.807) is 13.8 Å². The fourth-order valence-corrected chi connectivity index (χ4v) is 0.642. The number of carbonyl (C=O) groups is 1. The summed E-state index contributed by atoms with van der Waals surface area (Å²) >= 11 is 0. The highest BCUT2D eigenvalue weighted by molar-refractivity contribution is 5.73. The van der Waals surface area contributed by atoms with Gasteiger partial charge in [0.15, 0.2) is 0 Å². The van der Waals surface area contributed by atoms with E-state index in [9.17, 15) is 4.79 Å². The maximum absolute atomic E-state index is 10.6. The summed E-state index contributed by atoms with van der Waals surface area (Å²) in [6.07, 6.45) is 4.22. The van der Waals surface area contributed by atoms with Gasteiger partial charge >= 0.3 is 5.97 Å². The number of hydrogen-bond acceptors (Lipinski definition) is 1. The Labute approximate surface area is 73.6 Å². The van der Waals surface area contributed by atoms with E-state index in [2.05, 4.69) is 6.58 Å². The Morgan fingerprint density at radius 2 is 2.08 bits per heavy atom. The van der Waals surface area contributed by atoms with E-state index in [1.165, 1.54) is 0 Å². The molecule has 2 heteroatoms. The molecule has 0 radical (unpaired) electrons. The van der Waals surface area contributed by atoms with Gasteiger partial charge in [-0.1, -0.05) is 24.3 Å². The van der Waals surface area contributed by atoms with Crippen LogP contribution in [0.5, 0.6) is 0 Å². The van der Waals surface area contributed by atoms with Gasteiger partial charge in [0, 0.05) is 0 Å². The second-order valence-electron chi connectivity index (χ2n) is 3.64. The van der Waals surface area contributed by atoms with E-state index in [1.807, 2.05) is 19.1 Å². The van der Waals surface area contributed by atoms with Gasteiger partial charge in [-0.05, 0) is 27.2 Å². The van der Waals surface area contributed by atoms with Crippen LogP contribution in [0.1, 0.15) is 27.2 Å². The molecule has 0 heterocycles. The monoisotopic (exact) mass is 168 g/mol. The van der Waals surface area contributed by atoms with Crippen molar-refractivity contribution in [3.63, 3.8) is 0 Å². The van der Waals surface area contributed by atoms with Crippen molar-refractivity contribution < 1.29 is 9.90 Å². The van der Waals surface area contributed by atoms with Crippen molar-refractivity contribution in [2.24, 2.45) is 5.41 Å². The van der Waals surface area contributed by atoms with E-state index in [4.69, 9.17) is 5.11 Å². The third-order valence-corrected chi connectivity index (χ3v) is 1.61. The molecule has 0 atom stereocenters. The smallest absolute Gasteiger partial charge is 0.309 e. The van der Waals surface area contributed by atoms with Gasteiger partial charge in [-0.25, -0.2) is 0 Å². The predicted molar refractivity (Wildman–Crippen MR) is 50.0 cm³/mol. The van der Waals surface area contributed by atoms with Crippen LogP contribution in [0.2, 0.25) is 0 Å². The topological polar surface area (TPSA) is 37.3 Å². The fourth-order valence-electron chi connectivity index (χ4n) is 0.642. The first-order valence-electron chi connectivity index (χ1n) is 3.92. The lowest BCUT2D eigenvalue weighted by molar-refractivity contribution is -0.146. The lowest BCUT2D eigenvalue weighted by Gasteiger charge is -2.15. The second-order valence-corrected chi connectivity index (χ2v) is 3.64. The first-order valence-corrected chi connectivity index (χ1v) is 3.92. The molecule has 1 N–H and O–H groups in total. The Kier molecular flexibility index (Phi) is 3.74. The van der Waals surface area contributed by atoms with Crippen LogP contribution in [0.3, 0.4) is 0 Å². The van der Waals surface area contributed by atoms with Gasteiger partial charge in [-0.3, -0.25) is 4.79 Å². The summed E-state index contributed by atoms with van der Waals surface area (Å²) in [5.74, 6) is -0.770. The van der Waals surface area contributed by atoms with Crippen molar-refractivity contribution in [1.29, 1.82) is 0 Å². The molecule has 0 bridgehead atoms. The van der Waals surface area contributed by atoms with Gasteiger partial charge < -0.3 is 5.11 Å². The van der Waals surface area contributed by atoms with E-state index >= 15 is 0 Å². The zero-order valence-electron chi connectivity index (χ0n) is 7.92. The molecule has 0 amide bonds. The molecule has 0 unspecified atom stereocenters. The summed E-state index contributed by atoms with van der Waals surface area (Å²) in [4.78, 5) is 10.6. The molecule has 0 aliphatic carbocycles. The van der Waals surface area contributed by atoms with Crippen molar-refractivity contribution in [3.05, 3.63) is 24.3 Å². The van der Waals surface area contributed by atoms with Gasteiger partial charge in [0.25, 0.3) is 0 Å². The van der Waals surface area contributed by atoms with Gasteiger partial charge in [-0.2, -0.15) is 0 Å². The standard InChI is InChI=1S/C10H16O2/c1-8(2)6-5-7-10(3,4)9(11)12/h5-6H,1,7H2,2-4H3,(H,11,12)/b6-5+. The molecule has 0 saturated heterocycles. The minimum atomic E-state index is -0.770. The normalized spacial score (nSPS) is 11.9. The quantitative estimate of drug-likeness (QED) is 0.655. The van der Waals surface area contributed by atoms with Crippen LogP contribution in [0.25, 0.3) is 0 Å². The fraction of sp³-hybridized carbons (Fsp3) is 0.500. The van der Waals surface area contributed by atoms with E-state index < -0.39 is 11.4 Å². The highest BCUT2D eigenvalue weighted by Crippen LogP contribution is 2.20. The second kappa shape index (κ2) is 4.10. The Morgan fingerprint density at radius 1 is 1.58 bits per heavy atom. The first kappa shape index (κ1) is 11.0. The van der Waals surface area contributed by atoms with Crippen molar-refractivity contribution in [1.82, 2.24) is 0 Å². The third-order valence-electron chi connectivity index (χ3n) is 1.61. The number of carboxylic acids is 1. The number of aliphatic carboxylic acids is 1. The van der Waals surface area contributed by atoms with Crippen molar-refractivity contribution >= 4 is 5.97 Å². The third kappa shape index (κ3) is 3.96. The van der Waals surface area contributed by atoms with Crippen molar-refractivity contribution in [3.8, 4) is 0 Å². The first-order chi connectivity index (χ1) is 5.36. The molecule has 0 fully saturated rings. The van der Waals surface area contributed by atoms with Crippen LogP contribution in [0.4, 0.5) is 0 Å². The molecular formula is C10H16O2. The van der Waals surface area contributed by atoms with Gasteiger partial charge in [0.1, 0.15) is 0 Å². The van der Waals surface area contributed by atoms with E-state index in [0.29, 0.717) is 6.42 Å². The van der Waals surface area contributed by atoms with Crippen molar-refractivity contribution in [2.75, 3.05) is 0 Å². The maximum Gasteiger partial charge on any atom is 0.309 e. The average molecular weight is 168 g/mol. The van der Waals surface area contributed by atoms with Gasteiger partial charge in [-0.15, -0.1) is 0 Å². The summed E-state index contributed by atoms with van der Waals surface area (Å²) in [5, 5.41) is 8.75. The minimum absolute atomic E-state index is 0.537. The van der Waals surface area contributed by atoms with Crippen LogP contribution in [-0.2, 0) is 4.79 Å². The molecule has 0 aromatic carbocycles. The van der Waals surface area contributed by atoms with Crippen LogP contribution in [0.15, 0.2) is 24.3 Å². The SMILES string of the molecule is C=C(C)/C=C/CC(C)(C)C(=O)O. The molecule has 0 aliphatic rings. The molecular weight excluding hydrogens is 152 g/mol. The highest BCUT2D eigenvalue weighted by Gasteiger charge is 2.24. The Bertz CT molecular complexity index is 212. The molecule has 2 nitrogen and oxygen atoms in total. The molecule has 12 heavy (non-hydrogen) atoms. The molecule has 0 aliphatic heterocycles. The lowest BCUT2D eigenvalue weighted by Crippen LogP contribution is -2.22. The van der Waals surface area contributed by atoms with Crippen molar-refractivity contribution in [2.45, 2.75) is 27.2 Å². The summed E-state index contributed by atoms with van der Waals surface area (Å²) in [7, 11) is 0. The minimum Gasteiger partial charge on any atom is -0.481 e. The Hall–Kier alpha value is -1.05. The molecule has 0 aromatic heterocycles. The van der Waals surface area contributed by atoms with E-state index in [0.717, 1.165) is 5.57 Å². The zero-order valence-corrected chi connectivity index (χ0v) is 7.92. The van der Waals surface area contributed by atoms with Crippen LogP contribution in [-0.4, -0.2) is 11.1 Å². The number of hydrogen-bond donors (Lipinski definition) is 1.